The molecule has 0 aliphatic rings. The van der Waals surface area contributed by atoms with E-state index in [1.165, 1.54) is 154 Å². The van der Waals surface area contributed by atoms with E-state index in [9.17, 15) is 14.7 Å². The van der Waals surface area contributed by atoms with Gasteiger partial charge in [-0.3, -0.25) is 14.5 Å². The second-order valence-electron chi connectivity index (χ2n) is 15.2. The number of benzene rings is 1. The number of hydrogen-bond donors (Lipinski definition) is 1. The lowest BCUT2D eigenvalue weighted by Crippen LogP contribution is -2.33. The predicted octanol–water partition coefficient (Wildman–Crippen LogP) is 14.1. The van der Waals surface area contributed by atoms with Crippen molar-refractivity contribution in [1.82, 2.24) is 4.90 Å². The topological polar surface area (TPSA) is 76.1 Å². The molecule has 10 heteroatoms. The Balaban J connectivity index is 2.12. The summed E-state index contributed by atoms with van der Waals surface area (Å²) in [5.74, 6) is 3.39. The molecule has 0 saturated heterocycles. The summed E-state index contributed by atoms with van der Waals surface area (Å²) in [5, 5.41) is 10.9. The fourth-order valence-electron chi connectivity index (χ4n) is 6.58. The lowest BCUT2D eigenvalue weighted by Gasteiger charge is -2.24. The summed E-state index contributed by atoms with van der Waals surface area (Å²) in [6.45, 7) is 6.54. The van der Waals surface area contributed by atoms with Gasteiger partial charge in [-0.15, -0.1) is 0 Å². The van der Waals surface area contributed by atoms with Crippen molar-refractivity contribution >= 4 is 55.1 Å². The van der Waals surface area contributed by atoms with Gasteiger partial charge in [0.1, 0.15) is 13.2 Å². The lowest BCUT2D eigenvalue weighted by molar-refractivity contribution is -0.143. The van der Waals surface area contributed by atoms with Gasteiger partial charge in [-0.05, 0) is 18.4 Å². The third-order valence-corrected chi connectivity index (χ3v) is 15.0. The highest BCUT2D eigenvalue weighted by Crippen LogP contribution is 2.24. The number of carbonyl (C=O) groups excluding carboxylic acids is 2. The average molecular weight is 858 g/mol. The Hall–Kier alpha value is -0.520. The van der Waals surface area contributed by atoms with Gasteiger partial charge in [-0.2, -0.15) is 0 Å². The molecular weight excluding hydrogens is 775 g/mol. The first kappa shape index (κ1) is 53.5. The molecule has 0 radical (unpaired) electrons. The third kappa shape index (κ3) is 36.6. The summed E-state index contributed by atoms with van der Waals surface area (Å²) in [7, 11) is 7.32. The van der Waals surface area contributed by atoms with Crippen LogP contribution in [0.3, 0.4) is 0 Å². The monoisotopic (exact) mass is 858 g/mol. The normalized spacial score (nSPS) is 12.0. The van der Waals surface area contributed by atoms with E-state index in [0.717, 1.165) is 28.6 Å². The molecule has 0 bridgehead atoms. The van der Waals surface area contributed by atoms with Gasteiger partial charge in [-0.25, -0.2) is 0 Å². The molecule has 1 aromatic carbocycles. The standard InChI is InChI=1S/C46H83NO5S4/c1-3-5-7-9-11-13-15-17-19-21-23-28-38-53-55-40-36-51-45(49)32-34-47(42-44(48)43-30-26-25-27-31-43)35-33-46(50)52-37-41-56-54-39-29-24-22-20-18-16-14-12-10-8-6-4-2/h25-27,30-31,44,48H,3-24,28-29,32-42H2,1-2H3. The highest BCUT2D eigenvalue weighted by Gasteiger charge is 2.17. The minimum absolute atomic E-state index is 0.223. The molecular formula is C46H83NO5S4. The number of ether oxygens (including phenoxy) is 2. The summed E-state index contributed by atoms with van der Waals surface area (Å²) in [6, 6.07) is 9.52. The largest absolute Gasteiger partial charge is 0.465 e. The number of aliphatic hydroxyl groups is 1. The number of hydrogen-bond acceptors (Lipinski definition) is 10. The Morgan fingerprint density at radius 3 is 1.23 bits per heavy atom. The second kappa shape index (κ2) is 42.6. The van der Waals surface area contributed by atoms with Gasteiger partial charge < -0.3 is 14.6 Å². The SMILES string of the molecule is CCCCCCCCCCCCCCSSCCOC(=O)CCN(CCC(=O)OCCSSCCCCCCCCCCCCCC)CC(O)c1ccccc1. The maximum Gasteiger partial charge on any atom is 0.307 e. The van der Waals surface area contributed by atoms with Crippen molar-refractivity contribution in [2.24, 2.45) is 0 Å². The Kier molecular flexibility index (Phi) is 40.7. The van der Waals surface area contributed by atoms with Gasteiger partial charge in [0.05, 0.1) is 18.9 Å². The quantitative estimate of drug-likeness (QED) is 0.0390. The molecule has 56 heavy (non-hydrogen) atoms. The van der Waals surface area contributed by atoms with E-state index in [4.69, 9.17) is 9.47 Å². The summed E-state index contributed by atoms with van der Waals surface area (Å²) in [5.41, 5.74) is 0.818. The molecule has 1 rings (SSSR count). The summed E-state index contributed by atoms with van der Waals surface area (Å²) in [6.07, 6.45) is 32.6. The van der Waals surface area contributed by atoms with Crippen molar-refractivity contribution in [3.63, 3.8) is 0 Å². The molecule has 0 amide bonds. The van der Waals surface area contributed by atoms with Crippen molar-refractivity contribution in [2.75, 3.05) is 55.9 Å². The van der Waals surface area contributed by atoms with Crippen LogP contribution < -0.4 is 0 Å². The van der Waals surface area contributed by atoms with Crippen LogP contribution in [0.1, 0.15) is 192 Å². The zero-order valence-corrected chi connectivity index (χ0v) is 39.1. The molecule has 0 spiro atoms. The molecule has 6 nitrogen and oxygen atoms in total. The van der Waals surface area contributed by atoms with E-state index in [0.29, 0.717) is 32.8 Å². The van der Waals surface area contributed by atoms with Crippen LogP contribution in [0.2, 0.25) is 0 Å². The zero-order chi connectivity index (χ0) is 40.4. The highest BCUT2D eigenvalue weighted by atomic mass is 33.1. The van der Waals surface area contributed by atoms with E-state index in [1.54, 1.807) is 21.6 Å². The van der Waals surface area contributed by atoms with E-state index in [2.05, 4.69) is 13.8 Å². The molecule has 326 valence electrons. The van der Waals surface area contributed by atoms with Crippen molar-refractivity contribution in [3.8, 4) is 0 Å². The minimum atomic E-state index is -0.708. The average Bonchev–Trinajstić information content (AvgIpc) is 3.21. The van der Waals surface area contributed by atoms with Crippen LogP contribution in [0.25, 0.3) is 0 Å². The first-order valence-electron chi connectivity index (χ1n) is 22.8. The van der Waals surface area contributed by atoms with Gasteiger partial charge in [0.25, 0.3) is 0 Å². The van der Waals surface area contributed by atoms with Crippen molar-refractivity contribution in [1.29, 1.82) is 0 Å². The molecule has 1 N–H and O–H groups in total. The van der Waals surface area contributed by atoms with Crippen LogP contribution >= 0.6 is 43.2 Å². The third-order valence-electron chi connectivity index (χ3n) is 10.1. The molecule has 0 aromatic heterocycles. The Labute approximate surface area is 360 Å². The summed E-state index contributed by atoms with van der Waals surface area (Å²) < 4.78 is 11.0. The number of nitrogens with zero attached hydrogens (tertiary/aromatic N) is 1. The van der Waals surface area contributed by atoms with Gasteiger partial charge in [0.15, 0.2) is 0 Å². The molecule has 0 aliphatic carbocycles. The Morgan fingerprint density at radius 2 is 0.857 bits per heavy atom. The predicted molar refractivity (Wildman–Crippen MR) is 251 cm³/mol. The molecule has 0 heterocycles. The van der Waals surface area contributed by atoms with E-state index >= 15 is 0 Å². The van der Waals surface area contributed by atoms with E-state index in [1.807, 2.05) is 56.8 Å². The van der Waals surface area contributed by atoms with Crippen LogP contribution in [0.5, 0.6) is 0 Å². The molecule has 0 saturated carbocycles. The van der Waals surface area contributed by atoms with Gasteiger partial charge in [0.2, 0.25) is 0 Å². The summed E-state index contributed by atoms with van der Waals surface area (Å²) >= 11 is 0. The number of carbonyl (C=O) groups is 2. The first-order valence-corrected chi connectivity index (χ1v) is 27.8. The second-order valence-corrected chi connectivity index (χ2v) is 20.6. The lowest BCUT2D eigenvalue weighted by atomic mass is 10.1. The minimum Gasteiger partial charge on any atom is -0.465 e. The maximum absolute atomic E-state index is 12.6. The van der Waals surface area contributed by atoms with Crippen molar-refractivity contribution in [2.45, 2.75) is 187 Å². The fourth-order valence-corrected chi connectivity index (χ4v) is 10.5. The maximum atomic E-state index is 12.6. The van der Waals surface area contributed by atoms with E-state index < -0.39 is 6.10 Å². The van der Waals surface area contributed by atoms with Crippen LogP contribution in [0, 0.1) is 0 Å². The Bertz CT molecular complexity index is 938. The van der Waals surface area contributed by atoms with Crippen LogP contribution in [-0.4, -0.2) is 77.8 Å². The van der Waals surface area contributed by atoms with Crippen molar-refractivity contribution < 1.29 is 24.2 Å². The van der Waals surface area contributed by atoms with E-state index in [-0.39, 0.29) is 24.8 Å². The van der Waals surface area contributed by atoms with Gasteiger partial charge in [-0.1, -0.05) is 229 Å². The summed E-state index contributed by atoms with van der Waals surface area (Å²) in [4.78, 5) is 27.1. The van der Waals surface area contributed by atoms with Crippen LogP contribution in [0.4, 0.5) is 0 Å². The van der Waals surface area contributed by atoms with Crippen molar-refractivity contribution in [3.05, 3.63) is 35.9 Å². The molecule has 0 aliphatic heterocycles. The van der Waals surface area contributed by atoms with Crippen LogP contribution in [-0.2, 0) is 19.1 Å². The smallest absolute Gasteiger partial charge is 0.307 e. The Morgan fingerprint density at radius 1 is 0.518 bits per heavy atom. The number of rotatable bonds is 43. The zero-order valence-electron chi connectivity index (χ0n) is 35.9. The molecule has 1 atom stereocenters. The highest BCUT2D eigenvalue weighted by molar-refractivity contribution is 8.77. The first-order chi connectivity index (χ1) is 27.6. The van der Waals surface area contributed by atoms with Gasteiger partial charge in [0, 0.05) is 42.6 Å². The molecule has 1 unspecified atom stereocenters. The number of unbranched alkanes of at least 4 members (excludes halogenated alkanes) is 22. The molecule has 0 fully saturated rings. The van der Waals surface area contributed by atoms with Gasteiger partial charge >= 0.3 is 11.9 Å². The number of esters is 2. The van der Waals surface area contributed by atoms with Crippen LogP contribution in [0.15, 0.2) is 30.3 Å². The number of aliphatic hydroxyl groups excluding tert-OH is 1. The fraction of sp³-hybridized carbons (Fsp3) is 0.826. The molecule has 1 aromatic rings.